The minimum atomic E-state index is -1.20. The van der Waals surface area contributed by atoms with Crippen LogP contribution in [0.25, 0.3) is 0 Å². The number of nitrogens with two attached hydrogens (primary N) is 1. The molecule has 0 aliphatic rings. The van der Waals surface area contributed by atoms with Crippen LogP contribution in [0.2, 0.25) is 5.02 Å². The molecule has 144 valence electrons. The maximum atomic E-state index is 12.4. The number of hydrogen-bond donors (Lipinski definition) is 2. The van der Waals surface area contributed by atoms with E-state index in [1.54, 1.807) is 13.8 Å². The highest BCUT2D eigenvalue weighted by Crippen LogP contribution is 2.36. The van der Waals surface area contributed by atoms with Crippen LogP contribution in [0, 0.1) is 5.92 Å². The molecule has 0 spiro atoms. The zero-order valence-corrected chi connectivity index (χ0v) is 15.9. The van der Waals surface area contributed by atoms with Crippen molar-refractivity contribution in [3.05, 3.63) is 22.7 Å². The van der Waals surface area contributed by atoms with Crippen molar-refractivity contribution in [2.45, 2.75) is 33.3 Å². The number of benzene rings is 1. The average molecular weight is 387 g/mol. The number of carbonyl (C=O) groups excluding carboxylic acids is 3. The van der Waals surface area contributed by atoms with Gasteiger partial charge in [0.1, 0.15) is 0 Å². The Kier molecular flexibility index (Phi) is 8.18. The molecule has 0 fully saturated rings. The predicted octanol–water partition coefficient (Wildman–Crippen LogP) is 2.51. The molecule has 0 heterocycles. The number of urea groups is 1. The summed E-state index contributed by atoms with van der Waals surface area (Å²) < 4.78 is 16.0. The molecule has 0 radical (unpaired) electrons. The highest BCUT2D eigenvalue weighted by molar-refractivity contribution is 6.32. The van der Waals surface area contributed by atoms with Crippen molar-refractivity contribution in [1.82, 2.24) is 5.32 Å². The molecule has 0 aliphatic heterocycles. The van der Waals surface area contributed by atoms with Crippen molar-refractivity contribution < 1.29 is 28.6 Å². The minimum Gasteiger partial charge on any atom is -0.493 e. The Labute approximate surface area is 156 Å². The number of hydrogen-bond acceptors (Lipinski definition) is 6. The fraction of sp³-hybridized carbons (Fsp3) is 0.471. The molecule has 3 N–H and O–H groups in total. The van der Waals surface area contributed by atoms with Crippen LogP contribution in [0.1, 0.15) is 37.6 Å². The molecule has 0 aromatic heterocycles. The molecule has 8 nitrogen and oxygen atoms in total. The van der Waals surface area contributed by atoms with E-state index in [0.29, 0.717) is 12.4 Å². The van der Waals surface area contributed by atoms with Crippen molar-refractivity contribution in [3.63, 3.8) is 0 Å². The number of methoxy groups -OCH3 is 1. The quantitative estimate of drug-likeness (QED) is 0.663. The molecule has 1 aromatic carbocycles. The van der Waals surface area contributed by atoms with Gasteiger partial charge in [-0.2, -0.15) is 0 Å². The van der Waals surface area contributed by atoms with E-state index < -0.39 is 24.0 Å². The average Bonchev–Trinajstić information content (AvgIpc) is 2.56. The maximum Gasteiger partial charge on any atom is 0.339 e. The van der Waals surface area contributed by atoms with Gasteiger partial charge in [0.2, 0.25) is 0 Å². The van der Waals surface area contributed by atoms with Crippen LogP contribution in [-0.2, 0) is 9.53 Å². The van der Waals surface area contributed by atoms with Gasteiger partial charge in [-0.3, -0.25) is 10.1 Å². The molecule has 0 saturated carbocycles. The number of amides is 3. The predicted molar refractivity (Wildman–Crippen MR) is 95.6 cm³/mol. The molecule has 0 unspecified atom stereocenters. The van der Waals surface area contributed by atoms with Crippen molar-refractivity contribution >= 4 is 29.5 Å². The first-order valence-corrected chi connectivity index (χ1v) is 8.40. The Morgan fingerprint density at radius 2 is 1.92 bits per heavy atom. The van der Waals surface area contributed by atoms with Crippen LogP contribution < -0.4 is 20.5 Å². The third-order valence-corrected chi connectivity index (χ3v) is 3.54. The standard InChI is InChI=1S/C17H23ClN2O6/c1-5-6-25-14-11(18)7-10(8-12(14)24-4)16(22)26-13(9(2)3)15(21)20-17(19)23/h7-9,13H,5-6H2,1-4H3,(H3,19,20,21,23)/t13-/m1/s1. The van der Waals surface area contributed by atoms with Crippen molar-refractivity contribution in [3.8, 4) is 11.5 Å². The van der Waals surface area contributed by atoms with Crippen molar-refractivity contribution in [2.24, 2.45) is 11.7 Å². The molecular formula is C17H23ClN2O6. The lowest BCUT2D eigenvalue weighted by Gasteiger charge is -2.20. The van der Waals surface area contributed by atoms with E-state index in [0.717, 1.165) is 6.42 Å². The first-order valence-electron chi connectivity index (χ1n) is 8.02. The van der Waals surface area contributed by atoms with Crippen LogP contribution in [0.5, 0.6) is 11.5 Å². The van der Waals surface area contributed by atoms with E-state index in [4.69, 9.17) is 31.5 Å². The number of primary amides is 1. The molecule has 1 atom stereocenters. The second-order valence-electron chi connectivity index (χ2n) is 5.76. The van der Waals surface area contributed by atoms with Gasteiger partial charge in [-0.05, 0) is 24.5 Å². The molecule has 26 heavy (non-hydrogen) atoms. The van der Waals surface area contributed by atoms with E-state index in [1.165, 1.54) is 19.2 Å². The summed E-state index contributed by atoms with van der Waals surface area (Å²) in [5.41, 5.74) is 5.01. The van der Waals surface area contributed by atoms with E-state index >= 15 is 0 Å². The molecule has 1 aromatic rings. The first-order chi connectivity index (χ1) is 12.2. The molecule has 0 saturated heterocycles. The summed E-state index contributed by atoms with van der Waals surface area (Å²) in [6, 6.07) is 1.74. The number of nitrogens with one attached hydrogen (secondary N) is 1. The summed E-state index contributed by atoms with van der Waals surface area (Å²) in [5, 5.41) is 2.07. The van der Waals surface area contributed by atoms with Crippen molar-refractivity contribution in [2.75, 3.05) is 13.7 Å². The topological polar surface area (TPSA) is 117 Å². The normalized spacial score (nSPS) is 11.6. The summed E-state index contributed by atoms with van der Waals surface area (Å²) >= 11 is 6.17. The largest absolute Gasteiger partial charge is 0.493 e. The second-order valence-corrected chi connectivity index (χ2v) is 6.17. The maximum absolute atomic E-state index is 12.4. The summed E-state index contributed by atoms with van der Waals surface area (Å²) in [4.78, 5) is 35.2. The highest BCUT2D eigenvalue weighted by Gasteiger charge is 2.28. The van der Waals surface area contributed by atoms with Gasteiger partial charge in [0.25, 0.3) is 5.91 Å². The van der Waals surface area contributed by atoms with Crippen LogP contribution in [0.3, 0.4) is 0 Å². The van der Waals surface area contributed by atoms with Gasteiger partial charge in [-0.15, -0.1) is 0 Å². The summed E-state index contributed by atoms with van der Waals surface area (Å²) in [6.07, 6.45) is -0.426. The Morgan fingerprint density at radius 1 is 1.27 bits per heavy atom. The van der Waals surface area contributed by atoms with Crippen LogP contribution in [0.15, 0.2) is 12.1 Å². The molecule has 3 amide bonds. The molecular weight excluding hydrogens is 364 g/mol. The SMILES string of the molecule is CCCOc1c(Cl)cc(C(=O)O[C@@H](C(=O)NC(N)=O)C(C)C)cc1OC. The summed E-state index contributed by atoms with van der Waals surface area (Å²) in [6.45, 7) is 5.69. The van der Waals surface area contributed by atoms with Crippen LogP contribution in [0.4, 0.5) is 4.79 Å². The Hall–Kier alpha value is -2.48. The van der Waals surface area contributed by atoms with E-state index in [9.17, 15) is 14.4 Å². The number of rotatable bonds is 8. The number of ether oxygens (including phenoxy) is 3. The highest BCUT2D eigenvalue weighted by atomic mass is 35.5. The molecule has 9 heteroatoms. The van der Waals surface area contributed by atoms with Gasteiger partial charge in [0.15, 0.2) is 17.6 Å². The monoisotopic (exact) mass is 386 g/mol. The van der Waals surface area contributed by atoms with Gasteiger partial charge in [-0.25, -0.2) is 9.59 Å². The Morgan fingerprint density at radius 3 is 2.42 bits per heavy atom. The Bertz CT molecular complexity index is 677. The summed E-state index contributed by atoms with van der Waals surface area (Å²) in [7, 11) is 1.41. The molecule has 0 aliphatic carbocycles. The van der Waals surface area contributed by atoms with Gasteiger partial charge in [0.05, 0.1) is 24.3 Å². The number of imide groups is 1. The fourth-order valence-corrected chi connectivity index (χ4v) is 2.32. The minimum absolute atomic E-state index is 0.0771. The van der Waals surface area contributed by atoms with E-state index in [2.05, 4.69) is 0 Å². The third-order valence-electron chi connectivity index (χ3n) is 3.26. The third kappa shape index (κ3) is 5.80. The van der Waals surface area contributed by atoms with Gasteiger partial charge in [-0.1, -0.05) is 32.4 Å². The zero-order chi connectivity index (χ0) is 19.9. The molecule has 1 rings (SSSR count). The zero-order valence-electron chi connectivity index (χ0n) is 15.1. The fourth-order valence-electron chi connectivity index (χ4n) is 2.05. The lowest BCUT2D eigenvalue weighted by atomic mass is 10.1. The van der Waals surface area contributed by atoms with Crippen LogP contribution in [-0.4, -0.2) is 37.7 Å². The second kappa shape index (κ2) is 9.86. The van der Waals surface area contributed by atoms with Crippen LogP contribution >= 0.6 is 11.6 Å². The molecule has 0 bridgehead atoms. The smallest absolute Gasteiger partial charge is 0.339 e. The van der Waals surface area contributed by atoms with E-state index in [1.807, 2.05) is 12.2 Å². The number of carbonyl (C=O) groups is 3. The lowest BCUT2D eigenvalue weighted by Crippen LogP contribution is -2.45. The first kappa shape index (κ1) is 21.6. The lowest BCUT2D eigenvalue weighted by molar-refractivity contribution is -0.130. The van der Waals surface area contributed by atoms with Gasteiger partial charge in [0, 0.05) is 0 Å². The summed E-state index contributed by atoms with van der Waals surface area (Å²) in [5.74, 6) is -1.41. The number of halogens is 1. The van der Waals surface area contributed by atoms with E-state index in [-0.39, 0.29) is 22.3 Å². The van der Waals surface area contributed by atoms with Crippen molar-refractivity contribution in [1.29, 1.82) is 0 Å². The number of esters is 1. The van der Waals surface area contributed by atoms with Gasteiger partial charge >= 0.3 is 12.0 Å². The van der Waals surface area contributed by atoms with Gasteiger partial charge < -0.3 is 19.9 Å². The Balaban J connectivity index is 3.06.